The molecule has 1 aliphatic rings. The summed E-state index contributed by atoms with van der Waals surface area (Å²) in [6.07, 6.45) is 0. The van der Waals surface area contributed by atoms with Crippen molar-refractivity contribution in [2.24, 2.45) is 11.1 Å². The maximum atomic E-state index is 13.4. The molecule has 1 aliphatic carbocycles. The van der Waals surface area contributed by atoms with Gasteiger partial charge in [-0.15, -0.1) is 0 Å². The van der Waals surface area contributed by atoms with E-state index in [2.05, 4.69) is 0 Å². The van der Waals surface area contributed by atoms with Crippen LogP contribution < -0.4 is 5.73 Å². The average Bonchev–Trinajstić information content (AvgIpc) is 3.09. The molecule has 0 aromatic heterocycles. The van der Waals surface area contributed by atoms with Crippen LogP contribution in [-0.2, 0) is 14.6 Å². The summed E-state index contributed by atoms with van der Waals surface area (Å²) in [6.45, 7) is 2.07. The van der Waals surface area contributed by atoms with E-state index in [0.717, 1.165) is 0 Å². The molecule has 6 heteroatoms. The Balaban J connectivity index is 2.45. The van der Waals surface area contributed by atoms with Crippen molar-refractivity contribution in [2.75, 3.05) is 26.0 Å². The lowest BCUT2D eigenvalue weighted by Gasteiger charge is -2.14. The first-order chi connectivity index (χ1) is 9.43. The Kier molecular flexibility index (Phi) is 4.18. The highest BCUT2D eigenvalue weighted by Crippen LogP contribution is 2.62. The number of rotatable bonds is 6. The zero-order chi connectivity index (χ0) is 15.0. The van der Waals surface area contributed by atoms with E-state index in [9.17, 15) is 12.8 Å². The molecule has 0 aliphatic heterocycles. The van der Waals surface area contributed by atoms with Crippen LogP contribution in [0.1, 0.15) is 18.4 Å². The van der Waals surface area contributed by atoms with Crippen LogP contribution in [0.5, 0.6) is 0 Å². The fourth-order valence-corrected chi connectivity index (χ4v) is 5.30. The summed E-state index contributed by atoms with van der Waals surface area (Å²) < 4.78 is 43.1. The Bertz CT molecular complexity index is 590. The van der Waals surface area contributed by atoms with Gasteiger partial charge < -0.3 is 10.5 Å². The number of hydrogen-bond acceptors (Lipinski definition) is 4. The summed E-state index contributed by atoms with van der Waals surface area (Å²) in [5, 5.41) is -0.591. The number of methoxy groups -OCH3 is 1. The van der Waals surface area contributed by atoms with Gasteiger partial charge in [0.1, 0.15) is 5.82 Å². The molecule has 2 rings (SSSR count). The molecule has 0 heterocycles. The minimum Gasteiger partial charge on any atom is -0.384 e. The Morgan fingerprint density at radius 3 is 2.65 bits per heavy atom. The summed E-state index contributed by atoms with van der Waals surface area (Å²) in [6, 6.07) is 6.07. The van der Waals surface area contributed by atoms with Crippen molar-refractivity contribution in [1.29, 1.82) is 0 Å². The lowest BCUT2D eigenvalue weighted by molar-refractivity contribution is 0.142. The van der Waals surface area contributed by atoms with Gasteiger partial charge in [-0.3, -0.25) is 0 Å². The van der Waals surface area contributed by atoms with Crippen molar-refractivity contribution < 1.29 is 17.5 Å². The Labute approximate surface area is 119 Å². The van der Waals surface area contributed by atoms with Gasteiger partial charge in [0.05, 0.1) is 11.9 Å². The number of hydrogen-bond donors (Lipinski definition) is 1. The summed E-state index contributed by atoms with van der Waals surface area (Å²) in [5.41, 5.74) is 5.86. The van der Waals surface area contributed by atoms with Gasteiger partial charge in [-0.2, -0.15) is 0 Å². The fourth-order valence-electron chi connectivity index (χ4n) is 3.15. The second-order valence-corrected chi connectivity index (χ2v) is 7.69. The smallest absolute Gasteiger partial charge is 0.154 e. The zero-order valence-corrected chi connectivity index (χ0v) is 12.5. The van der Waals surface area contributed by atoms with Crippen molar-refractivity contribution in [2.45, 2.75) is 18.1 Å². The lowest BCUT2D eigenvalue weighted by Crippen LogP contribution is -2.28. The molecule has 1 saturated carbocycles. The standard InChI is InChI=1S/C14H20FNO3S/c1-3-20(17,18)13-12(14(13,8-16)9-19-2)10-5-4-6-11(15)7-10/h4-7,12-13H,3,8-9,16H2,1-2H3/t12-,13-,14+/m1/s1. The van der Waals surface area contributed by atoms with Crippen LogP contribution in [0.4, 0.5) is 4.39 Å². The lowest BCUT2D eigenvalue weighted by atomic mass is 10.00. The summed E-state index contributed by atoms with van der Waals surface area (Å²) >= 11 is 0. The third kappa shape index (κ3) is 2.36. The maximum Gasteiger partial charge on any atom is 0.154 e. The van der Waals surface area contributed by atoms with Gasteiger partial charge in [-0.05, 0) is 17.7 Å². The van der Waals surface area contributed by atoms with E-state index in [-0.39, 0.29) is 30.6 Å². The van der Waals surface area contributed by atoms with Crippen LogP contribution >= 0.6 is 0 Å². The molecular formula is C14H20FNO3S. The second kappa shape index (κ2) is 5.42. The molecule has 4 nitrogen and oxygen atoms in total. The molecule has 0 spiro atoms. The largest absolute Gasteiger partial charge is 0.384 e. The van der Waals surface area contributed by atoms with Crippen molar-refractivity contribution in [3.63, 3.8) is 0 Å². The van der Waals surface area contributed by atoms with Crippen LogP contribution in [0.25, 0.3) is 0 Å². The number of benzene rings is 1. The first-order valence-corrected chi connectivity index (χ1v) is 8.30. The highest BCUT2D eigenvalue weighted by atomic mass is 32.2. The molecule has 0 unspecified atom stereocenters. The molecule has 1 aromatic carbocycles. The molecular weight excluding hydrogens is 281 g/mol. The number of ether oxygens (including phenoxy) is 1. The topological polar surface area (TPSA) is 69.4 Å². The summed E-state index contributed by atoms with van der Waals surface area (Å²) in [5.74, 6) is -0.618. The monoisotopic (exact) mass is 301 g/mol. The first-order valence-electron chi connectivity index (χ1n) is 6.59. The summed E-state index contributed by atoms with van der Waals surface area (Å²) in [7, 11) is -1.74. The molecule has 1 fully saturated rings. The van der Waals surface area contributed by atoms with Gasteiger partial charge >= 0.3 is 0 Å². The van der Waals surface area contributed by atoms with E-state index in [1.807, 2.05) is 0 Å². The first kappa shape index (κ1) is 15.4. The zero-order valence-electron chi connectivity index (χ0n) is 11.7. The quantitative estimate of drug-likeness (QED) is 0.860. The van der Waals surface area contributed by atoms with E-state index in [0.29, 0.717) is 5.56 Å². The van der Waals surface area contributed by atoms with Crippen LogP contribution in [0.15, 0.2) is 24.3 Å². The molecule has 0 radical (unpaired) electrons. The Morgan fingerprint density at radius 1 is 1.45 bits per heavy atom. The van der Waals surface area contributed by atoms with E-state index in [1.54, 1.807) is 19.1 Å². The van der Waals surface area contributed by atoms with Gasteiger partial charge in [0.15, 0.2) is 9.84 Å². The number of sulfone groups is 1. The molecule has 0 amide bonds. The molecule has 0 saturated heterocycles. The SMILES string of the molecule is CCS(=O)(=O)[C@@H]1[C@@H](c2cccc(F)c2)[C@]1(CN)COC. The molecule has 20 heavy (non-hydrogen) atoms. The molecule has 1 aromatic rings. The highest BCUT2D eigenvalue weighted by Gasteiger charge is 2.69. The van der Waals surface area contributed by atoms with Gasteiger partial charge in [-0.1, -0.05) is 19.1 Å². The minimum absolute atomic E-state index is 0.0505. The van der Waals surface area contributed by atoms with Gasteiger partial charge in [0, 0.05) is 30.7 Å². The van der Waals surface area contributed by atoms with Gasteiger partial charge in [0.2, 0.25) is 0 Å². The number of nitrogens with two attached hydrogens (primary N) is 1. The fraction of sp³-hybridized carbons (Fsp3) is 0.571. The number of halogens is 1. The second-order valence-electron chi connectivity index (χ2n) is 5.28. The Morgan fingerprint density at radius 2 is 2.15 bits per heavy atom. The van der Waals surface area contributed by atoms with E-state index >= 15 is 0 Å². The van der Waals surface area contributed by atoms with Crippen molar-refractivity contribution >= 4 is 9.84 Å². The normalized spacial score (nSPS) is 29.4. The van der Waals surface area contributed by atoms with Crippen molar-refractivity contribution in [3.05, 3.63) is 35.6 Å². The van der Waals surface area contributed by atoms with Crippen molar-refractivity contribution in [3.8, 4) is 0 Å². The Hall–Kier alpha value is -0.980. The summed E-state index contributed by atoms with van der Waals surface area (Å²) in [4.78, 5) is 0. The highest BCUT2D eigenvalue weighted by molar-refractivity contribution is 7.92. The van der Waals surface area contributed by atoms with Gasteiger partial charge in [0.25, 0.3) is 0 Å². The predicted molar refractivity (Wildman–Crippen MR) is 75.8 cm³/mol. The average molecular weight is 301 g/mol. The minimum atomic E-state index is -3.26. The third-order valence-corrected chi connectivity index (χ3v) is 6.49. The van der Waals surface area contributed by atoms with Crippen LogP contribution in [-0.4, -0.2) is 39.7 Å². The molecule has 112 valence electrons. The molecule has 2 N–H and O–H groups in total. The van der Waals surface area contributed by atoms with E-state index < -0.39 is 20.5 Å². The van der Waals surface area contributed by atoms with E-state index in [4.69, 9.17) is 10.5 Å². The predicted octanol–water partition coefficient (Wildman–Crippen LogP) is 1.32. The third-order valence-electron chi connectivity index (χ3n) is 4.17. The van der Waals surface area contributed by atoms with Crippen LogP contribution in [0.2, 0.25) is 0 Å². The maximum absolute atomic E-state index is 13.4. The van der Waals surface area contributed by atoms with Crippen LogP contribution in [0.3, 0.4) is 0 Å². The molecule has 3 atom stereocenters. The van der Waals surface area contributed by atoms with Gasteiger partial charge in [-0.25, -0.2) is 12.8 Å². The van der Waals surface area contributed by atoms with Crippen molar-refractivity contribution in [1.82, 2.24) is 0 Å². The molecule has 0 bridgehead atoms. The van der Waals surface area contributed by atoms with E-state index in [1.165, 1.54) is 19.2 Å². The van der Waals surface area contributed by atoms with Crippen LogP contribution in [0, 0.1) is 11.2 Å².